The summed E-state index contributed by atoms with van der Waals surface area (Å²) in [6.45, 7) is 8.98. The number of hydrogen-bond donors (Lipinski definition) is 3. The second-order valence-corrected chi connectivity index (χ2v) is 12.6. The minimum atomic E-state index is -4.08. The molecule has 0 aliphatic heterocycles. The predicted octanol–water partition coefficient (Wildman–Crippen LogP) is 4.42. The predicted molar refractivity (Wildman–Crippen MR) is 157 cm³/mol. The highest BCUT2D eigenvalue weighted by Gasteiger charge is 2.45. The first kappa shape index (κ1) is 32.0. The molecule has 2 aromatic carbocycles. The van der Waals surface area contributed by atoms with E-state index < -0.39 is 22.0 Å². The largest absolute Gasteiger partial charge is 0.392 e. The Morgan fingerprint density at radius 1 is 1.12 bits per heavy atom. The van der Waals surface area contributed by atoms with Crippen molar-refractivity contribution in [3.8, 4) is 11.1 Å². The van der Waals surface area contributed by atoms with Crippen LogP contribution in [-0.2, 0) is 32.8 Å². The van der Waals surface area contributed by atoms with Gasteiger partial charge in [0.25, 0.3) is 15.9 Å². The number of aryl methyl sites for hydroxylation is 1. The van der Waals surface area contributed by atoms with Crippen LogP contribution >= 0.6 is 0 Å². The Labute approximate surface area is 242 Å². The third-order valence-electron chi connectivity index (χ3n) is 7.55. The van der Waals surface area contributed by atoms with Crippen molar-refractivity contribution >= 4 is 27.7 Å². The maximum absolute atomic E-state index is 13.5. The number of benzene rings is 2. The first-order valence-electron chi connectivity index (χ1n) is 13.7. The van der Waals surface area contributed by atoms with Crippen molar-refractivity contribution in [3.63, 3.8) is 0 Å². The van der Waals surface area contributed by atoms with Crippen LogP contribution in [0.1, 0.15) is 62.4 Å². The molecule has 2 amide bonds. The summed E-state index contributed by atoms with van der Waals surface area (Å²) in [5.74, 6) is -0.773. The van der Waals surface area contributed by atoms with Crippen LogP contribution < -0.4 is 10.5 Å². The number of anilines is 1. The number of unbranched alkanes of at least 4 members (excludes halogenated alkanes) is 1. The molecular weight excluding hydrogens is 544 g/mol. The van der Waals surface area contributed by atoms with Crippen molar-refractivity contribution in [1.29, 1.82) is 0 Å². The SMILES string of the molecule is CCCCC(=O)[N+](C)(Cc1ccc(-c2ccccc2S(=O)(=O)Nc2onc(C)c2C)c(CO)c1)[C@H](C(N)=O)C(C)C. The van der Waals surface area contributed by atoms with Gasteiger partial charge in [-0.15, -0.1) is 0 Å². The van der Waals surface area contributed by atoms with Crippen LogP contribution in [0.5, 0.6) is 0 Å². The lowest BCUT2D eigenvalue weighted by Crippen LogP contribution is -2.62. The number of sulfonamides is 1. The minimum absolute atomic E-state index is 0.000124. The standard InChI is InChI=1S/C30H40N4O6S/c1-7-8-13-27(36)34(6,28(19(2)3)29(31)37)17-22-14-15-24(23(16-22)18-35)25-11-9-10-12-26(25)41(38,39)33-30-20(4)21(5)32-40-30/h9-12,14-16,19,28,35H,7-8,13,17-18H2,1-6H3,(H2-,31,32,33,37)/p+1/t28-,34?/m0/s1. The number of likely N-dealkylation sites (N-methyl/N-ethyl adjacent to an activating group) is 1. The van der Waals surface area contributed by atoms with Gasteiger partial charge >= 0.3 is 5.91 Å². The molecule has 0 saturated carbocycles. The van der Waals surface area contributed by atoms with Gasteiger partial charge in [-0.1, -0.05) is 62.7 Å². The number of amides is 2. The molecule has 0 fully saturated rings. The molecule has 1 aromatic heterocycles. The molecule has 1 unspecified atom stereocenters. The minimum Gasteiger partial charge on any atom is -0.392 e. The van der Waals surface area contributed by atoms with Gasteiger partial charge in [-0.3, -0.25) is 4.79 Å². The lowest BCUT2D eigenvalue weighted by Gasteiger charge is -2.39. The van der Waals surface area contributed by atoms with E-state index in [1.54, 1.807) is 57.3 Å². The Morgan fingerprint density at radius 2 is 1.80 bits per heavy atom. The van der Waals surface area contributed by atoms with E-state index in [0.29, 0.717) is 46.4 Å². The molecular formula is C30H41N4O6S+. The van der Waals surface area contributed by atoms with Crippen LogP contribution in [0, 0.1) is 19.8 Å². The van der Waals surface area contributed by atoms with E-state index in [-0.39, 0.29) is 40.2 Å². The molecule has 4 N–H and O–H groups in total. The van der Waals surface area contributed by atoms with Crippen LogP contribution in [-0.4, -0.2) is 48.1 Å². The third kappa shape index (κ3) is 6.86. The van der Waals surface area contributed by atoms with Gasteiger partial charge in [0.1, 0.15) is 6.54 Å². The second-order valence-electron chi connectivity index (χ2n) is 11.0. The van der Waals surface area contributed by atoms with Crippen molar-refractivity contribution in [3.05, 3.63) is 64.8 Å². The molecule has 10 nitrogen and oxygen atoms in total. The Hall–Kier alpha value is -3.54. The van der Waals surface area contributed by atoms with Crippen LogP contribution in [0.3, 0.4) is 0 Å². The van der Waals surface area contributed by atoms with Gasteiger partial charge in [0.15, 0.2) is 6.04 Å². The van der Waals surface area contributed by atoms with Gasteiger partial charge in [0, 0.05) is 22.6 Å². The van der Waals surface area contributed by atoms with Gasteiger partial charge in [0.2, 0.25) is 5.88 Å². The summed E-state index contributed by atoms with van der Waals surface area (Å²) in [5.41, 5.74) is 9.05. The maximum atomic E-state index is 13.5. The lowest BCUT2D eigenvalue weighted by atomic mass is 9.94. The van der Waals surface area contributed by atoms with E-state index >= 15 is 0 Å². The van der Waals surface area contributed by atoms with Crippen LogP contribution in [0.15, 0.2) is 51.9 Å². The molecule has 2 atom stereocenters. The topological polar surface area (TPSA) is 153 Å². The van der Waals surface area contributed by atoms with E-state index in [1.807, 2.05) is 20.8 Å². The van der Waals surface area contributed by atoms with Gasteiger partial charge in [-0.25, -0.2) is 22.4 Å². The summed E-state index contributed by atoms with van der Waals surface area (Å²) in [7, 11) is -2.34. The van der Waals surface area contributed by atoms with Gasteiger partial charge in [0.05, 0.1) is 30.7 Å². The van der Waals surface area contributed by atoms with Crippen LogP contribution in [0.4, 0.5) is 5.88 Å². The molecule has 41 heavy (non-hydrogen) atoms. The highest BCUT2D eigenvalue weighted by Crippen LogP contribution is 2.34. The summed E-state index contributed by atoms with van der Waals surface area (Å²) < 4.78 is 34.3. The molecule has 3 aromatic rings. The van der Waals surface area contributed by atoms with Crippen molar-refractivity contribution in [2.24, 2.45) is 11.7 Å². The molecule has 0 radical (unpaired) electrons. The van der Waals surface area contributed by atoms with E-state index in [9.17, 15) is 23.1 Å². The highest BCUT2D eigenvalue weighted by atomic mass is 32.2. The number of rotatable bonds is 13. The summed E-state index contributed by atoms with van der Waals surface area (Å²) in [6, 6.07) is 11.0. The third-order valence-corrected chi connectivity index (χ3v) is 8.94. The molecule has 0 saturated heterocycles. The number of nitrogens with zero attached hydrogens (tertiary/aromatic N) is 2. The van der Waals surface area contributed by atoms with Crippen molar-refractivity contribution < 1.29 is 32.1 Å². The average Bonchev–Trinajstić information content (AvgIpc) is 3.22. The number of quaternary nitrogens is 1. The summed E-state index contributed by atoms with van der Waals surface area (Å²) in [6.07, 6.45) is 1.85. The van der Waals surface area contributed by atoms with E-state index in [1.165, 1.54) is 6.07 Å². The Kier molecular flexibility index (Phi) is 10.1. The number of carbonyl (C=O) groups is 2. The molecule has 0 aliphatic rings. The maximum Gasteiger partial charge on any atom is 0.314 e. The van der Waals surface area contributed by atoms with E-state index in [0.717, 1.165) is 6.42 Å². The Balaban J connectivity index is 2.06. The molecule has 0 spiro atoms. The first-order valence-corrected chi connectivity index (χ1v) is 15.2. The number of primary amides is 1. The second kappa shape index (κ2) is 13.0. The van der Waals surface area contributed by atoms with E-state index in [4.69, 9.17) is 10.3 Å². The van der Waals surface area contributed by atoms with Gasteiger partial charge in [-0.05, 0) is 43.5 Å². The Bertz CT molecular complexity index is 1510. The zero-order valence-corrected chi connectivity index (χ0v) is 25.4. The fourth-order valence-electron chi connectivity index (χ4n) is 5.32. The molecule has 222 valence electrons. The van der Waals surface area contributed by atoms with Crippen LogP contribution in [0.2, 0.25) is 0 Å². The van der Waals surface area contributed by atoms with Gasteiger partial charge in [-0.2, -0.15) is 0 Å². The Morgan fingerprint density at radius 3 is 2.37 bits per heavy atom. The number of nitrogens with two attached hydrogens (primary N) is 1. The quantitative estimate of drug-likeness (QED) is 0.251. The zero-order valence-electron chi connectivity index (χ0n) is 24.6. The fourth-order valence-corrected chi connectivity index (χ4v) is 6.59. The molecule has 3 rings (SSSR count). The molecule has 1 heterocycles. The smallest absolute Gasteiger partial charge is 0.314 e. The lowest BCUT2D eigenvalue weighted by molar-refractivity contribution is -0.868. The van der Waals surface area contributed by atoms with Crippen LogP contribution in [0.25, 0.3) is 11.1 Å². The summed E-state index contributed by atoms with van der Waals surface area (Å²) in [4.78, 5) is 26.0. The molecule has 11 heteroatoms. The van der Waals surface area contributed by atoms with Crippen molar-refractivity contribution in [2.75, 3.05) is 11.8 Å². The highest BCUT2D eigenvalue weighted by molar-refractivity contribution is 7.92. The zero-order chi connectivity index (χ0) is 30.5. The average molecular weight is 586 g/mol. The number of aromatic nitrogens is 1. The number of aliphatic hydroxyl groups is 1. The monoisotopic (exact) mass is 585 g/mol. The first-order chi connectivity index (χ1) is 19.3. The van der Waals surface area contributed by atoms with E-state index in [2.05, 4.69) is 9.88 Å². The summed E-state index contributed by atoms with van der Waals surface area (Å²) in [5, 5.41) is 14.2. The molecule has 0 bridgehead atoms. The normalized spacial score (nSPS) is 14.0. The summed E-state index contributed by atoms with van der Waals surface area (Å²) >= 11 is 0. The molecule has 0 aliphatic carbocycles. The number of aliphatic hydroxyl groups excluding tert-OH is 1. The number of nitrogens with one attached hydrogen (secondary N) is 1. The fraction of sp³-hybridized carbons (Fsp3) is 0.433. The van der Waals surface area contributed by atoms with Crippen molar-refractivity contribution in [2.45, 2.75) is 78.0 Å². The van der Waals surface area contributed by atoms with Gasteiger partial charge < -0.3 is 15.4 Å². The number of carbonyl (C=O) groups excluding carboxylic acids is 2. The number of hydrogen-bond acceptors (Lipinski definition) is 7. The van der Waals surface area contributed by atoms with Crippen molar-refractivity contribution in [1.82, 2.24) is 5.16 Å².